The molecule has 1 aliphatic rings. The first kappa shape index (κ1) is 21.8. The Kier molecular flexibility index (Phi) is 5.60. The molecule has 8 nitrogen and oxygen atoms in total. The van der Waals surface area contributed by atoms with Gasteiger partial charge in [-0.2, -0.15) is 5.10 Å². The van der Waals surface area contributed by atoms with E-state index in [1.165, 1.54) is 18.4 Å². The fourth-order valence-corrected chi connectivity index (χ4v) is 4.95. The maximum Gasteiger partial charge on any atom is 0.338 e. The zero-order valence-corrected chi connectivity index (χ0v) is 19.6. The van der Waals surface area contributed by atoms with E-state index in [-0.39, 0.29) is 5.56 Å². The van der Waals surface area contributed by atoms with Crippen LogP contribution in [0.15, 0.2) is 45.3 Å². The maximum absolute atomic E-state index is 13.6. The molecule has 1 aliphatic heterocycles. The van der Waals surface area contributed by atoms with Crippen molar-refractivity contribution in [2.24, 2.45) is 12.0 Å². The second-order valence-electron chi connectivity index (χ2n) is 7.55. The number of thiazole rings is 1. The normalized spacial score (nSPS) is 16.1. The summed E-state index contributed by atoms with van der Waals surface area (Å²) in [6.45, 7) is 5.63. The van der Waals surface area contributed by atoms with Crippen molar-refractivity contribution in [3.63, 3.8) is 0 Å². The fraction of sp³-hybridized carbons (Fsp3) is 0.304. The Morgan fingerprint density at radius 3 is 2.41 bits per heavy atom. The third-order valence-electron chi connectivity index (χ3n) is 5.70. The number of allylic oxidation sites excluding steroid dienone is 1. The Morgan fingerprint density at radius 2 is 1.84 bits per heavy atom. The zero-order valence-electron chi connectivity index (χ0n) is 18.8. The van der Waals surface area contributed by atoms with Crippen LogP contribution < -0.4 is 19.6 Å². The molecule has 0 aliphatic carbocycles. The number of nitrogens with zero attached hydrogens (tertiary/aromatic N) is 4. The third-order valence-corrected chi connectivity index (χ3v) is 6.68. The van der Waals surface area contributed by atoms with Crippen LogP contribution in [0.5, 0.6) is 5.75 Å². The Labute approximate surface area is 188 Å². The molecule has 3 aromatic rings. The molecule has 0 amide bonds. The van der Waals surface area contributed by atoms with Crippen molar-refractivity contribution >= 4 is 23.4 Å². The molecule has 3 heterocycles. The van der Waals surface area contributed by atoms with Gasteiger partial charge in [0.1, 0.15) is 5.75 Å². The van der Waals surface area contributed by atoms with Crippen LogP contribution in [-0.4, -0.2) is 34.5 Å². The summed E-state index contributed by atoms with van der Waals surface area (Å²) < 4.78 is 14.2. The van der Waals surface area contributed by atoms with Crippen molar-refractivity contribution in [2.75, 3.05) is 14.2 Å². The molecule has 0 unspecified atom stereocenters. The summed E-state index contributed by atoms with van der Waals surface area (Å²) in [5.74, 6) is 0.171. The molecule has 1 aromatic carbocycles. The van der Waals surface area contributed by atoms with Gasteiger partial charge in [0.05, 0.1) is 41.8 Å². The van der Waals surface area contributed by atoms with E-state index < -0.39 is 12.0 Å². The van der Waals surface area contributed by atoms with Gasteiger partial charge < -0.3 is 9.47 Å². The highest BCUT2D eigenvalue weighted by Gasteiger charge is 2.33. The van der Waals surface area contributed by atoms with Crippen molar-refractivity contribution in [3.05, 3.63) is 77.7 Å². The Balaban J connectivity index is 1.99. The standard InChI is InChI=1S/C23H24N4O4S/c1-12-17(14(3)26(4)25-12)11-18-21(28)27-20(15-7-9-16(30-5)10-8-15)19(22(29)31-6)13(2)24-23(27)32-18/h7-11,20H,1-6H3/t20-/m1/s1. The van der Waals surface area contributed by atoms with E-state index in [2.05, 4.69) is 10.1 Å². The first-order chi connectivity index (χ1) is 15.3. The van der Waals surface area contributed by atoms with Crippen molar-refractivity contribution in [1.82, 2.24) is 14.3 Å². The van der Waals surface area contributed by atoms with Crippen LogP contribution in [0, 0.1) is 13.8 Å². The molecule has 1 atom stereocenters. The molecule has 2 aromatic heterocycles. The number of aromatic nitrogens is 3. The minimum Gasteiger partial charge on any atom is -0.497 e. The van der Waals surface area contributed by atoms with Crippen LogP contribution in [0.1, 0.15) is 35.5 Å². The molecule has 0 fully saturated rings. The van der Waals surface area contributed by atoms with Gasteiger partial charge in [0.2, 0.25) is 0 Å². The highest BCUT2D eigenvalue weighted by Crippen LogP contribution is 2.31. The van der Waals surface area contributed by atoms with Crippen LogP contribution in [0.2, 0.25) is 0 Å². The highest BCUT2D eigenvalue weighted by molar-refractivity contribution is 7.07. The summed E-state index contributed by atoms with van der Waals surface area (Å²) in [5.41, 5.74) is 4.13. The molecule has 0 N–H and O–H groups in total. The molecule has 0 bridgehead atoms. The summed E-state index contributed by atoms with van der Waals surface area (Å²) in [6.07, 6.45) is 1.85. The third kappa shape index (κ3) is 3.48. The van der Waals surface area contributed by atoms with Gasteiger partial charge in [-0.05, 0) is 44.5 Å². The van der Waals surface area contributed by atoms with E-state index in [4.69, 9.17) is 9.47 Å². The number of methoxy groups -OCH3 is 2. The van der Waals surface area contributed by atoms with E-state index >= 15 is 0 Å². The molecular weight excluding hydrogens is 428 g/mol. The maximum atomic E-state index is 13.6. The van der Waals surface area contributed by atoms with Crippen LogP contribution >= 0.6 is 11.3 Å². The molecule has 9 heteroatoms. The van der Waals surface area contributed by atoms with Gasteiger partial charge >= 0.3 is 5.97 Å². The second-order valence-corrected chi connectivity index (χ2v) is 8.56. The lowest BCUT2D eigenvalue weighted by atomic mass is 9.96. The van der Waals surface area contributed by atoms with Gasteiger partial charge in [-0.3, -0.25) is 14.0 Å². The van der Waals surface area contributed by atoms with E-state index in [0.29, 0.717) is 26.4 Å². The number of aryl methyl sites for hydroxylation is 2. The number of hydrogen-bond donors (Lipinski definition) is 0. The molecule has 0 radical (unpaired) electrons. The van der Waals surface area contributed by atoms with Crippen LogP contribution in [0.4, 0.5) is 0 Å². The smallest absolute Gasteiger partial charge is 0.338 e. The number of ether oxygens (including phenoxy) is 2. The van der Waals surface area contributed by atoms with Gasteiger partial charge in [-0.1, -0.05) is 23.5 Å². The number of carbonyl (C=O) groups excluding carboxylic acids is 1. The van der Waals surface area contributed by atoms with Gasteiger partial charge in [0.25, 0.3) is 5.56 Å². The highest BCUT2D eigenvalue weighted by atomic mass is 32.1. The van der Waals surface area contributed by atoms with Crippen molar-refractivity contribution in [1.29, 1.82) is 0 Å². The quantitative estimate of drug-likeness (QED) is 0.563. The van der Waals surface area contributed by atoms with Gasteiger partial charge in [0.15, 0.2) is 4.80 Å². The summed E-state index contributed by atoms with van der Waals surface area (Å²) in [7, 11) is 4.79. The minimum absolute atomic E-state index is 0.217. The molecule has 166 valence electrons. The summed E-state index contributed by atoms with van der Waals surface area (Å²) >= 11 is 1.29. The number of carbonyl (C=O) groups is 1. The Morgan fingerprint density at radius 1 is 1.16 bits per heavy atom. The number of fused-ring (bicyclic) bond motifs is 1. The lowest BCUT2D eigenvalue weighted by molar-refractivity contribution is -0.136. The SMILES string of the molecule is COC(=O)C1=C(C)N=c2sc(=Cc3c(C)nn(C)c3C)c(=O)n2[C@@H]1c1ccc(OC)cc1. The lowest BCUT2D eigenvalue weighted by Gasteiger charge is -2.24. The summed E-state index contributed by atoms with van der Waals surface area (Å²) in [6, 6.07) is 6.65. The average Bonchev–Trinajstić information content (AvgIpc) is 3.22. The van der Waals surface area contributed by atoms with Gasteiger partial charge in [0, 0.05) is 18.3 Å². The number of rotatable bonds is 4. The largest absolute Gasteiger partial charge is 0.497 e. The monoisotopic (exact) mass is 452 g/mol. The van der Waals surface area contributed by atoms with E-state index in [1.807, 2.05) is 39.1 Å². The molecule has 4 rings (SSSR count). The number of hydrogen-bond acceptors (Lipinski definition) is 7. The Bertz CT molecular complexity index is 1420. The fourth-order valence-electron chi connectivity index (χ4n) is 3.92. The van der Waals surface area contributed by atoms with Crippen molar-refractivity contribution in [2.45, 2.75) is 26.8 Å². The minimum atomic E-state index is -0.650. The second kappa shape index (κ2) is 8.23. The molecule has 32 heavy (non-hydrogen) atoms. The molecular formula is C23H24N4O4S. The Hall–Kier alpha value is -3.46. The molecule has 0 saturated carbocycles. The topological polar surface area (TPSA) is 87.7 Å². The molecule has 0 spiro atoms. The van der Waals surface area contributed by atoms with Crippen LogP contribution in [-0.2, 0) is 16.6 Å². The van der Waals surface area contributed by atoms with Crippen molar-refractivity contribution in [3.8, 4) is 5.75 Å². The number of esters is 1. The predicted octanol–water partition coefficient (Wildman–Crippen LogP) is 1.77. The first-order valence-corrected chi connectivity index (χ1v) is 10.8. The lowest BCUT2D eigenvalue weighted by Crippen LogP contribution is -2.39. The molecule has 0 saturated heterocycles. The van der Waals surface area contributed by atoms with Crippen LogP contribution in [0.25, 0.3) is 6.08 Å². The van der Waals surface area contributed by atoms with Gasteiger partial charge in [-0.15, -0.1) is 0 Å². The summed E-state index contributed by atoms with van der Waals surface area (Å²) in [4.78, 5) is 31.4. The summed E-state index contributed by atoms with van der Waals surface area (Å²) in [5, 5.41) is 4.43. The van der Waals surface area contributed by atoms with Gasteiger partial charge in [-0.25, -0.2) is 9.79 Å². The van der Waals surface area contributed by atoms with E-state index in [0.717, 1.165) is 22.5 Å². The number of benzene rings is 1. The average molecular weight is 453 g/mol. The van der Waals surface area contributed by atoms with E-state index in [1.54, 1.807) is 35.4 Å². The van der Waals surface area contributed by atoms with Crippen LogP contribution in [0.3, 0.4) is 0 Å². The van der Waals surface area contributed by atoms with Crippen molar-refractivity contribution < 1.29 is 14.3 Å². The zero-order chi connectivity index (χ0) is 23.2. The van der Waals surface area contributed by atoms with E-state index in [9.17, 15) is 9.59 Å². The first-order valence-electron chi connectivity index (χ1n) is 10.0. The predicted molar refractivity (Wildman–Crippen MR) is 121 cm³/mol.